The van der Waals surface area contributed by atoms with Gasteiger partial charge in [-0.15, -0.1) is 0 Å². The van der Waals surface area contributed by atoms with Crippen LogP contribution in [0.4, 0.5) is 13.6 Å². The molecule has 2 heterocycles. The van der Waals surface area contributed by atoms with Crippen molar-refractivity contribution in [1.82, 2.24) is 10.2 Å². The van der Waals surface area contributed by atoms with Gasteiger partial charge in [-0.2, -0.15) is 0 Å². The number of hydrogen-bond acceptors (Lipinski definition) is 3. The second kappa shape index (κ2) is 5.98. The van der Waals surface area contributed by atoms with E-state index in [-0.39, 0.29) is 19.5 Å². The van der Waals surface area contributed by atoms with E-state index in [1.807, 2.05) is 6.07 Å². The van der Waals surface area contributed by atoms with Crippen molar-refractivity contribution in [1.29, 1.82) is 0 Å². The summed E-state index contributed by atoms with van der Waals surface area (Å²) in [5.74, 6) is -1.43. The molecule has 0 spiro atoms. The van der Waals surface area contributed by atoms with E-state index in [1.54, 1.807) is 12.1 Å². The number of carbonyl (C=O) groups is 1. The minimum atomic E-state index is -2.77. The smallest absolute Gasteiger partial charge is 0.317 e. The van der Waals surface area contributed by atoms with Gasteiger partial charge >= 0.3 is 6.03 Å². The molecule has 3 rings (SSSR count). The van der Waals surface area contributed by atoms with Gasteiger partial charge in [0.25, 0.3) is 5.92 Å². The Bertz CT molecular complexity index is 566. The Morgan fingerprint density at radius 3 is 2.77 bits per heavy atom. The topological polar surface area (TPSA) is 50.8 Å². The minimum Gasteiger partial charge on any atom is -0.490 e. The Kier molecular flexibility index (Phi) is 4.04. The van der Waals surface area contributed by atoms with Crippen LogP contribution in [0.5, 0.6) is 11.5 Å². The molecule has 120 valence electrons. The van der Waals surface area contributed by atoms with Crippen LogP contribution in [0.3, 0.4) is 0 Å². The fourth-order valence-electron chi connectivity index (χ4n) is 2.52. The first-order valence-corrected chi connectivity index (χ1v) is 7.33. The normalized spacial score (nSPS) is 19.6. The van der Waals surface area contributed by atoms with Gasteiger partial charge in [0.15, 0.2) is 11.5 Å². The number of rotatable bonds is 2. The zero-order valence-electron chi connectivity index (χ0n) is 12.1. The van der Waals surface area contributed by atoms with E-state index in [4.69, 9.17) is 9.47 Å². The lowest BCUT2D eigenvalue weighted by molar-refractivity contribution is 0.0153. The van der Waals surface area contributed by atoms with E-state index < -0.39 is 18.5 Å². The zero-order valence-corrected chi connectivity index (χ0v) is 12.1. The molecule has 0 bridgehead atoms. The highest BCUT2D eigenvalue weighted by Gasteiger charge is 2.40. The lowest BCUT2D eigenvalue weighted by Gasteiger charge is -2.17. The van der Waals surface area contributed by atoms with Gasteiger partial charge in [-0.3, -0.25) is 0 Å². The van der Waals surface area contributed by atoms with Gasteiger partial charge in [0, 0.05) is 25.9 Å². The largest absolute Gasteiger partial charge is 0.490 e. The molecule has 0 aliphatic carbocycles. The van der Waals surface area contributed by atoms with E-state index in [0.29, 0.717) is 24.7 Å². The first-order valence-electron chi connectivity index (χ1n) is 7.33. The first kappa shape index (κ1) is 14.9. The van der Waals surface area contributed by atoms with Crippen molar-refractivity contribution in [3.05, 3.63) is 23.8 Å². The maximum Gasteiger partial charge on any atom is 0.317 e. The molecule has 1 N–H and O–H groups in total. The van der Waals surface area contributed by atoms with Crippen molar-refractivity contribution in [2.75, 3.05) is 26.3 Å². The number of likely N-dealkylation sites (tertiary alicyclic amines) is 1. The first-order chi connectivity index (χ1) is 10.5. The maximum absolute atomic E-state index is 13.1. The van der Waals surface area contributed by atoms with Crippen molar-refractivity contribution < 1.29 is 23.0 Å². The molecule has 5 nitrogen and oxygen atoms in total. The van der Waals surface area contributed by atoms with Crippen LogP contribution in [0, 0.1) is 0 Å². The summed E-state index contributed by atoms with van der Waals surface area (Å²) in [7, 11) is 0. The molecule has 0 unspecified atom stereocenters. The molecule has 0 aromatic heterocycles. The molecule has 7 heteroatoms. The number of carbonyl (C=O) groups excluding carboxylic acids is 1. The number of ether oxygens (including phenoxy) is 2. The van der Waals surface area contributed by atoms with Crippen molar-refractivity contribution in [3.63, 3.8) is 0 Å². The third-order valence-corrected chi connectivity index (χ3v) is 3.71. The van der Waals surface area contributed by atoms with Crippen LogP contribution in [0.25, 0.3) is 0 Å². The molecule has 2 aliphatic rings. The van der Waals surface area contributed by atoms with Crippen LogP contribution in [0.15, 0.2) is 18.2 Å². The molecular formula is C15H18F2N2O3. The zero-order chi connectivity index (χ0) is 15.6. The van der Waals surface area contributed by atoms with Crippen LogP contribution in [0.2, 0.25) is 0 Å². The fourth-order valence-corrected chi connectivity index (χ4v) is 2.52. The summed E-state index contributed by atoms with van der Waals surface area (Å²) in [6.45, 7) is 1.04. The second-order valence-electron chi connectivity index (χ2n) is 5.52. The van der Waals surface area contributed by atoms with Gasteiger partial charge < -0.3 is 19.7 Å². The number of benzene rings is 1. The number of amides is 2. The Labute approximate surface area is 127 Å². The predicted molar refractivity (Wildman–Crippen MR) is 75.4 cm³/mol. The molecular weight excluding hydrogens is 294 g/mol. The summed E-state index contributed by atoms with van der Waals surface area (Å²) < 4.78 is 37.3. The molecule has 2 aliphatic heterocycles. The van der Waals surface area contributed by atoms with Crippen molar-refractivity contribution >= 4 is 6.03 Å². The molecule has 1 saturated heterocycles. The summed E-state index contributed by atoms with van der Waals surface area (Å²) in [5.41, 5.74) is 0.837. The number of nitrogens with one attached hydrogen (secondary N) is 1. The standard InChI is InChI=1S/C15H18F2N2O3/c16-15(17)4-5-19(10-15)14(20)18-9-11-2-3-12-13(8-11)22-7-1-6-21-12/h2-3,8H,1,4-7,9-10H2,(H,18,20). The number of urea groups is 1. The molecule has 0 saturated carbocycles. The number of alkyl halides is 2. The van der Waals surface area contributed by atoms with E-state index >= 15 is 0 Å². The summed E-state index contributed by atoms with van der Waals surface area (Å²) in [5, 5.41) is 2.66. The predicted octanol–water partition coefficient (Wildman–Crippen LogP) is 2.40. The molecule has 0 atom stereocenters. The van der Waals surface area contributed by atoms with E-state index in [9.17, 15) is 13.6 Å². The summed E-state index contributed by atoms with van der Waals surface area (Å²) in [4.78, 5) is 13.0. The minimum absolute atomic E-state index is 0.0833. The summed E-state index contributed by atoms with van der Waals surface area (Å²) in [6.07, 6.45) is 0.550. The van der Waals surface area contributed by atoms with Gasteiger partial charge in [-0.1, -0.05) is 6.07 Å². The molecule has 0 radical (unpaired) electrons. The number of hydrogen-bond donors (Lipinski definition) is 1. The summed E-state index contributed by atoms with van der Waals surface area (Å²) >= 11 is 0. The average molecular weight is 312 g/mol. The van der Waals surface area contributed by atoms with Gasteiger partial charge in [-0.05, 0) is 17.7 Å². The quantitative estimate of drug-likeness (QED) is 0.912. The Balaban J connectivity index is 1.57. The molecule has 1 aromatic rings. The number of halogens is 2. The number of nitrogens with zero attached hydrogens (tertiary/aromatic N) is 1. The van der Waals surface area contributed by atoms with Crippen LogP contribution in [-0.4, -0.2) is 43.2 Å². The second-order valence-corrected chi connectivity index (χ2v) is 5.52. The highest BCUT2D eigenvalue weighted by molar-refractivity contribution is 5.74. The van der Waals surface area contributed by atoms with Gasteiger partial charge in [0.1, 0.15) is 0 Å². The Hall–Kier alpha value is -2.05. The Morgan fingerprint density at radius 2 is 2.05 bits per heavy atom. The van der Waals surface area contributed by atoms with Crippen LogP contribution >= 0.6 is 0 Å². The van der Waals surface area contributed by atoms with Crippen molar-refractivity contribution in [2.45, 2.75) is 25.3 Å². The van der Waals surface area contributed by atoms with E-state index in [2.05, 4.69) is 5.32 Å². The molecule has 1 fully saturated rings. The van der Waals surface area contributed by atoms with E-state index in [1.165, 1.54) is 0 Å². The van der Waals surface area contributed by atoms with Crippen LogP contribution in [-0.2, 0) is 6.54 Å². The Morgan fingerprint density at radius 1 is 1.27 bits per heavy atom. The van der Waals surface area contributed by atoms with Crippen molar-refractivity contribution in [3.8, 4) is 11.5 Å². The van der Waals surface area contributed by atoms with Gasteiger partial charge in [0.2, 0.25) is 0 Å². The van der Waals surface area contributed by atoms with Crippen molar-refractivity contribution in [2.24, 2.45) is 0 Å². The molecule has 1 aromatic carbocycles. The van der Waals surface area contributed by atoms with Crippen LogP contribution < -0.4 is 14.8 Å². The van der Waals surface area contributed by atoms with Crippen LogP contribution in [0.1, 0.15) is 18.4 Å². The maximum atomic E-state index is 13.1. The highest BCUT2D eigenvalue weighted by Crippen LogP contribution is 2.30. The average Bonchev–Trinajstić information content (AvgIpc) is 2.72. The third kappa shape index (κ3) is 3.40. The molecule has 2 amide bonds. The van der Waals surface area contributed by atoms with Gasteiger partial charge in [0.05, 0.1) is 19.8 Å². The van der Waals surface area contributed by atoms with Gasteiger partial charge in [-0.25, -0.2) is 13.6 Å². The fraction of sp³-hybridized carbons (Fsp3) is 0.533. The SMILES string of the molecule is O=C(NCc1ccc2c(c1)OCCCO2)N1CCC(F)(F)C1. The lowest BCUT2D eigenvalue weighted by atomic mass is 10.2. The third-order valence-electron chi connectivity index (χ3n) is 3.71. The molecule has 22 heavy (non-hydrogen) atoms. The summed E-state index contributed by atoms with van der Waals surface area (Å²) in [6, 6.07) is 4.96. The van der Waals surface area contributed by atoms with E-state index in [0.717, 1.165) is 16.9 Å². The highest BCUT2D eigenvalue weighted by atomic mass is 19.3. The monoisotopic (exact) mass is 312 g/mol. The number of fused-ring (bicyclic) bond motifs is 1. The lowest BCUT2D eigenvalue weighted by Crippen LogP contribution is -2.39.